The van der Waals surface area contributed by atoms with Gasteiger partial charge in [-0.05, 0) is 43.0 Å². The third kappa shape index (κ3) is 3.91. The van der Waals surface area contributed by atoms with Crippen molar-refractivity contribution >= 4 is 16.9 Å². The number of rotatable bonds is 6. The summed E-state index contributed by atoms with van der Waals surface area (Å²) in [6.45, 7) is 4.23. The average molecular weight is 349 g/mol. The summed E-state index contributed by atoms with van der Waals surface area (Å²) in [5.74, 6) is 1.34. The summed E-state index contributed by atoms with van der Waals surface area (Å²) in [5.41, 5.74) is 2.19. The summed E-state index contributed by atoms with van der Waals surface area (Å²) in [5, 5.41) is 3.38. The minimum absolute atomic E-state index is 0.202. The van der Waals surface area contributed by atoms with Crippen molar-refractivity contribution < 1.29 is 0 Å². The smallest absolute Gasteiger partial charge is 0.277 e. The number of hydrogen-bond donors (Lipinski definition) is 2. The zero-order valence-corrected chi connectivity index (χ0v) is 14.7. The Hall–Kier alpha value is -2.73. The molecule has 1 aliphatic rings. The van der Waals surface area contributed by atoms with Crippen LogP contribution in [0.25, 0.3) is 11.0 Å². The summed E-state index contributed by atoms with van der Waals surface area (Å²) >= 11 is 0. The van der Waals surface area contributed by atoms with E-state index in [1.807, 2.05) is 12.1 Å². The third-order valence-electron chi connectivity index (χ3n) is 4.99. The van der Waals surface area contributed by atoms with E-state index in [-0.39, 0.29) is 5.56 Å². The van der Waals surface area contributed by atoms with Gasteiger partial charge in [-0.3, -0.25) is 4.79 Å². The molecule has 2 N–H and O–H groups in total. The van der Waals surface area contributed by atoms with E-state index in [1.165, 1.54) is 18.3 Å². The number of aromatic amines is 1. The number of hydrogen-bond acceptors (Lipinski definition) is 5. The second-order valence-electron chi connectivity index (χ2n) is 6.87. The van der Waals surface area contributed by atoms with Crippen LogP contribution in [0, 0.1) is 5.92 Å². The molecule has 6 heteroatoms. The van der Waals surface area contributed by atoms with Crippen LogP contribution in [0.2, 0.25) is 0 Å². The molecule has 1 unspecified atom stereocenters. The second kappa shape index (κ2) is 7.66. The number of nitrogens with zero attached hydrogens (tertiary/aromatic N) is 3. The van der Waals surface area contributed by atoms with Crippen LogP contribution in [-0.2, 0) is 6.42 Å². The molecule has 2 aromatic heterocycles. The Balaban J connectivity index is 1.29. The number of benzene rings is 1. The lowest BCUT2D eigenvalue weighted by molar-refractivity contribution is 0.330. The normalized spacial score (nSPS) is 17.6. The number of anilines is 1. The van der Waals surface area contributed by atoms with Crippen molar-refractivity contribution in [3.8, 4) is 0 Å². The SMILES string of the molecule is O=c1[nH]cnc2ccc(NCC3CCN(CCc4ccccc4)C3)nc12. The molecule has 1 aromatic carbocycles. The van der Waals surface area contributed by atoms with Gasteiger partial charge < -0.3 is 15.2 Å². The highest BCUT2D eigenvalue weighted by Gasteiger charge is 2.22. The topological polar surface area (TPSA) is 73.9 Å². The minimum atomic E-state index is -0.202. The molecule has 3 aromatic rings. The number of fused-ring (bicyclic) bond motifs is 1. The lowest BCUT2D eigenvalue weighted by Gasteiger charge is -2.16. The molecule has 0 bridgehead atoms. The van der Waals surface area contributed by atoms with Gasteiger partial charge in [0.2, 0.25) is 0 Å². The van der Waals surface area contributed by atoms with Crippen LogP contribution in [0.15, 0.2) is 53.6 Å². The van der Waals surface area contributed by atoms with Gasteiger partial charge in [0, 0.05) is 19.6 Å². The van der Waals surface area contributed by atoms with Crippen LogP contribution >= 0.6 is 0 Å². The fourth-order valence-electron chi connectivity index (χ4n) is 3.51. The van der Waals surface area contributed by atoms with Gasteiger partial charge in [-0.15, -0.1) is 0 Å². The molecule has 0 aliphatic carbocycles. The Bertz CT molecular complexity index is 924. The molecule has 0 saturated carbocycles. The van der Waals surface area contributed by atoms with Crippen molar-refractivity contribution in [1.82, 2.24) is 19.9 Å². The number of pyridine rings is 1. The Morgan fingerprint density at radius 1 is 1.19 bits per heavy atom. The predicted molar refractivity (Wildman–Crippen MR) is 103 cm³/mol. The van der Waals surface area contributed by atoms with Crippen molar-refractivity contribution in [1.29, 1.82) is 0 Å². The zero-order valence-electron chi connectivity index (χ0n) is 14.7. The van der Waals surface area contributed by atoms with Crippen molar-refractivity contribution in [2.45, 2.75) is 12.8 Å². The van der Waals surface area contributed by atoms with Gasteiger partial charge >= 0.3 is 0 Å². The van der Waals surface area contributed by atoms with Gasteiger partial charge in [-0.25, -0.2) is 9.97 Å². The van der Waals surface area contributed by atoms with Crippen LogP contribution in [0.1, 0.15) is 12.0 Å². The highest BCUT2D eigenvalue weighted by Crippen LogP contribution is 2.18. The molecule has 1 fully saturated rings. The van der Waals surface area contributed by atoms with Gasteiger partial charge in [-0.1, -0.05) is 30.3 Å². The molecule has 134 valence electrons. The maximum absolute atomic E-state index is 11.8. The Morgan fingerprint density at radius 3 is 2.96 bits per heavy atom. The van der Waals surface area contributed by atoms with E-state index >= 15 is 0 Å². The lowest BCUT2D eigenvalue weighted by Crippen LogP contribution is -2.25. The van der Waals surface area contributed by atoms with Gasteiger partial charge in [-0.2, -0.15) is 0 Å². The first-order valence-electron chi connectivity index (χ1n) is 9.12. The summed E-state index contributed by atoms with van der Waals surface area (Å²) in [4.78, 5) is 25.5. The zero-order chi connectivity index (χ0) is 17.8. The molecule has 0 spiro atoms. The Labute approximate surface area is 152 Å². The molecule has 4 rings (SSSR count). The van der Waals surface area contributed by atoms with Gasteiger partial charge in [0.05, 0.1) is 11.8 Å². The van der Waals surface area contributed by atoms with Crippen LogP contribution < -0.4 is 10.9 Å². The van der Waals surface area contributed by atoms with E-state index in [2.05, 4.69) is 55.5 Å². The quantitative estimate of drug-likeness (QED) is 0.714. The number of H-pyrrole nitrogens is 1. The number of likely N-dealkylation sites (tertiary alicyclic amines) is 1. The first-order chi connectivity index (χ1) is 12.8. The van der Waals surface area contributed by atoms with Crippen molar-refractivity contribution in [3.05, 3.63) is 64.7 Å². The highest BCUT2D eigenvalue weighted by atomic mass is 16.1. The third-order valence-corrected chi connectivity index (χ3v) is 4.99. The maximum Gasteiger partial charge on any atom is 0.277 e. The van der Waals surface area contributed by atoms with Gasteiger partial charge in [0.15, 0.2) is 5.52 Å². The molecule has 0 amide bonds. The van der Waals surface area contributed by atoms with Crippen molar-refractivity contribution in [2.75, 3.05) is 31.5 Å². The molecule has 3 heterocycles. The highest BCUT2D eigenvalue weighted by molar-refractivity contribution is 5.74. The Kier molecular flexibility index (Phi) is 4.93. The largest absolute Gasteiger partial charge is 0.370 e. The van der Waals surface area contributed by atoms with Crippen LogP contribution in [0.5, 0.6) is 0 Å². The molecule has 0 radical (unpaired) electrons. The molecule has 6 nitrogen and oxygen atoms in total. The summed E-state index contributed by atoms with van der Waals surface area (Å²) < 4.78 is 0. The van der Waals surface area contributed by atoms with E-state index in [0.29, 0.717) is 17.0 Å². The van der Waals surface area contributed by atoms with Crippen LogP contribution in [-0.4, -0.2) is 46.0 Å². The monoisotopic (exact) mass is 349 g/mol. The predicted octanol–water partition coefficient (Wildman–Crippen LogP) is 2.29. The average Bonchev–Trinajstić information content (AvgIpc) is 3.14. The van der Waals surface area contributed by atoms with E-state index < -0.39 is 0 Å². The first kappa shape index (κ1) is 16.7. The van der Waals surface area contributed by atoms with E-state index in [1.54, 1.807) is 0 Å². The number of aromatic nitrogens is 3. The maximum atomic E-state index is 11.8. The fourth-order valence-corrected chi connectivity index (χ4v) is 3.51. The minimum Gasteiger partial charge on any atom is -0.370 e. The molecular weight excluding hydrogens is 326 g/mol. The summed E-state index contributed by atoms with van der Waals surface area (Å²) in [6, 6.07) is 14.4. The first-order valence-corrected chi connectivity index (χ1v) is 9.12. The Morgan fingerprint density at radius 2 is 2.08 bits per heavy atom. The molecule has 1 aliphatic heterocycles. The molecule has 1 saturated heterocycles. The summed E-state index contributed by atoms with van der Waals surface area (Å²) in [6.07, 6.45) is 3.70. The summed E-state index contributed by atoms with van der Waals surface area (Å²) in [7, 11) is 0. The van der Waals surface area contributed by atoms with E-state index in [0.717, 1.165) is 38.4 Å². The van der Waals surface area contributed by atoms with Crippen molar-refractivity contribution in [2.24, 2.45) is 5.92 Å². The van der Waals surface area contributed by atoms with E-state index in [4.69, 9.17) is 0 Å². The van der Waals surface area contributed by atoms with Gasteiger partial charge in [0.25, 0.3) is 5.56 Å². The van der Waals surface area contributed by atoms with E-state index in [9.17, 15) is 4.79 Å². The standard InChI is InChI=1S/C20H23N5O/c26-20-19-17(22-14-23-20)6-7-18(24-19)21-12-16-9-11-25(13-16)10-8-15-4-2-1-3-5-15/h1-7,14,16H,8-13H2,(H,21,24)(H,22,23,26). The fraction of sp³-hybridized carbons (Fsp3) is 0.350. The van der Waals surface area contributed by atoms with Crippen LogP contribution in [0.3, 0.4) is 0 Å². The van der Waals surface area contributed by atoms with Crippen molar-refractivity contribution in [3.63, 3.8) is 0 Å². The van der Waals surface area contributed by atoms with Crippen LogP contribution in [0.4, 0.5) is 5.82 Å². The molecular formula is C20H23N5O. The molecule has 1 atom stereocenters. The lowest BCUT2D eigenvalue weighted by atomic mass is 10.1. The second-order valence-corrected chi connectivity index (χ2v) is 6.87. The molecule has 26 heavy (non-hydrogen) atoms. The van der Waals surface area contributed by atoms with Gasteiger partial charge in [0.1, 0.15) is 5.82 Å². The number of nitrogens with one attached hydrogen (secondary N) is 2.